The van der Waals surface area contributed by atoms with Crippen molar-refractivity contribution in [3.63, 3.8) is 0 Å². The molecule has 0 N–H and O–H groups in total. The molecule has 2 aromatic rings. The lowest BCUT2D eigenvalue weighted by Gasteiger charge is -2.31. The highest BCUT2D eigenvalue weighted by Gasteiger charge is 2.23. The van der Waals surface area contributed by atoms with E-state index in [9.17, 15) is 0 Å². The summed E-state index contributed by atoms with van der Waals surface area (Å²) in [4.78, 5) is 8.76. The summed E-state index contributed by atoms with van der Waals surface area (Å²) in [5, 5.41) is 0. The maximum Gasteiger partial charge on any atom is 0.0917 e. The molecule has 0 amide bonds. The molecule has 0 spiro atoms. The summed E-state index contributed by atoms with van der Waals surface area (Å²) in [5.74, 6) is 0. The average molecular weight is 265 g/mol. The van der Waals surface area contributed by atoms with Crippen LogP contribution in [0.4, 0.5) is 11.4 Å². The highest BCUT2D eigenvalue weighted by Crippen LogP contribution is 2.36. The maximum absolute atomic E-state index is 4.49. The molecule has 1 aliphatic rings. The lowest BCUT2D eigenvalue weighted by Crippen LogP contribution is -2.26. The van der Waals surface area contributed by atoms with Crippen molar-refractivity contribution in [2.75, 3.05) is 26.0 Å². The van der Waals surface area contributed by atoms with Gasteiger partial charge in [-0.25, -0.2) is 4.99 Å². The number of nitrogens with zero attached hydrogens (tertiary/aromatic N) is 3. The van der Waals surface area contributed by atoms with E-state index in [0.717, 1.165) is 5.69 Å². The summed E-state index contributed by atoms with van der Waals surface area (Å²) in [6, 6.07) is 17.3. The Kier molecular flexibility index (Phi) is 3.18. The first-order valence-electron chi connectivity index (χ1n) is 6.79. The second-order valence-corrected chi connectivity index (χ2v) is 5.36. The van der Waals surface area contributed by atoms with Gasteiger partial charge in [0.1, 0.15) is 0 Å². The van der Waals surface area contributed by atoms with Crippen LogP contribution in [0.15, 0.2) is 53.5 Å². The molecule has 0 aliphatic carbocycles. The molecule has 2 aromatic carbocycles. The van der Waals surface area contributed by atoms with Crippen LogP contribution in [0.3, 0.4) is 0 Å². The topological polar surface area (TPSA) is 18.8 Å². The second-order valence-electron chi connectivity index (χ2n) is 5.36. The molecule has 20 heavy (non-hydrogen) atoms. The molecule has 1 heterocycles. The number of rotatable bonds is 2. The number of hydrogen-bond acceptors (Lipinski definition) is 3. The zero-order chi connectivity index (χ0) is 14.1. The van der Waals surface area contributed by atoms with Crippen LogP contribution in [0.1, 0.15) is 17.2 Å². The van der Waals surface area contributed by atoms with E-state index in [1.165, 1.54) is 16.8 Å². The quantitative estimate of drug-likeness (QED) is 0.828. The van der Waals surface area contributed by atoms with Crippen molar-refractivity contribution >= 4 is 17.7 Å². The molecule has 0 radical (unpaired) electrons. The van der Waals surface area contributed by atoms with E-state index in [-0.39, 0.29) is 6.04 Å². The number of hydrogen-bond donors (Lipinski definition) is 0. The van der Waals surface area contributed by atoms with Crippen molar-refractivity contribution in [3.05, 3.63) is 59.7 Å². The highest BCUT2D eigenvalue weighted by atomic mass is 15.2. The fourth-order valence-corrected chi connectivity index (χ4v) is 2.65. The molecule has 3 heteroatoms. The molecule has 1 aliphatic heterocycles. The van der Waals surface area contributed by atoms with Crippen LogP contribution >= 0.6 is 0 Å². The first kappa shape index (κ1) is 12.7. The van der Waals surface area contributed by atoms with E-state index in [2.05, 4.69) is 78.4 Å². The van der Waals surface area contributed by atoms with Gasteiger partial charge in [0.05, 0.1) is 18.1 Å². The third kappa shape index (κ3) is 2.16. The molecule has 0 saturated carbocycles. The van der Waals surface area contributed by atoms with Gasteiger partial charge in [0.2, 0.25) is 0 Å². The fraction of sp³-hybridized carbons (Fsp3) is 0.235. The smallest absolute Gasteiger partial charge is 0.0917 e. The van der Waals surface area contributed by atoms with Crippen molar-refractivity contribution in [1.82, 2.24) is 4.90 Å². The fourth-order valence-electron chi connectivity index (χ4n) is 2.65. The lowest BCUT2D eigenvalue weighted by atomic mass is 9.95. The number of fused-ring (bicyclic) bond motifs is 1. The van der Waals surface area contributed by atoms with Gasteiger partial charge in [-0.05, 0) is 23.8 Å². The largest absolute Gasteiger partial charge is 0.378 e. The van der Waals surface area contributed by atoms with Gasteiger partial charge >= 0.3 is 0 Å². The molecule has 1 unspecified atom stereocenters. The maximum atomic E-state index is 4.49. The highest BCUT2D eigenvalue weighted by molar-refractivity contribution is 5.69. The Balaban J connectivity index is 2.02. The minimum Gasteiger partial charge on any atom is -0.378 e. The van der Waals surface area contributed by atoms with Gasteiger partial charge in [0.15, 0.2) is 0 Å². The molecule has 0 saturated heterocycles. The van der Waals surface area contributed by atoms with Crippen molar-refractivity contribution in [2.24, 2.45) is 4.99 Å². The Morgan fingerprint density at radius 2 is 1.70 bits per heavy atom. The summed E-state index contributed by atoms with van der Waals surface area (Å²) in [6.07, 6.45) is 1.91. The van der Waals surface area contributed by atoms with Gasteiger partial charge in [0.25, 0.3) is 0 Å². The molecule has 1 atom stereocenters. The van der Waals surface area contributed by atoms with Gasteiger partial charge in [-0.1, -0.05) is 30.3 Å². The van der Waals surface area contributed by atoms with Crippen LogP contribution in [-0.4, -0.2) is 32.4 Å². The Bertz CT molecular complexity index is 629. The SMILES string of the molecule is CN(C)c1ccc(C2c3ccccc3N=CN2C)cc1. The van der Waals surface area contributed by atoms with Crippen molar-refractivity contribution in [2.45, 2.75) is 6.04 Å². The average Bonchev–Trinajstić information content (AvgIpc) is 2.47. The number of para-hydroxylation sites is 1. The molecule has 0 bridgehead atoms. The number of benzene rings is 2. The van der Waals surface area contributed by atoms with Gasteiger partial charge in [-0.3, -0.25) is 0 Å². The van der Waals surface area contributed by atoms with Gasteiger partial charge in [0, 0.05) is 32.4 Å². The first-order chi connectivity index (χ1) is 9.66. The van der Waals surface area contributed by atoms with Crippen LogP contribution in [0, 0.1) is 0 Å². The zero-order valence-electron chi connectivity index (χ0n) is 12.1. The number of anilines is 1. The minimum absolute atomic E-state index is 0.236. The molecule has 102 valence electrons. The normalized spacial score (nSPS) is 16.9. The standard InChI is InChI=1S/C17H19N3/c1-19(2)14-10-8-13(9-11-14)17-15-6-4-5-7-16(15)18-12-20(17)3/h4-12,17H,1-3H3. The van der Waals surface area contributed by atoms with E-state index in [1.807, 2.05) is 12.4 Å². The zero-order valence-corrected chi connectivity index (χ0v) is 12.1. The predicted octanol–water partition coefficient (Wildman–Crippen LogP) is 3.45. The third-order valence-corrected chi connectivity index (χ3v) is 3.74. The molecular formula is C17H19N3. The molecular weight excluding hydrogens is 246 g/mol. The summed E-state index contributed by atoms with van der Waals surface area (Å²) in [7, 11) is 6.19. The second kappa shape index (κ2) is 5.00. The van der Waals surface area contributed by atoms with Crippen molar-refractivity contribution in [3.8, 4) is 0 Å². The Morgan fingerprint density at radius 3 is 2.40 bits per heavy atom. The molecule has 0 fully saturated rings. The molecule has 3 rings (SSSR count). The minimum atomic E-state index is 0.236. The van der Waals surface area contributed by atoms with Gasteiger partial charge in [-0.2, -0.15) is 0 Å². The van der Waals surface area contributed by atoms with Gasteiger partial charge < -0.3 is 9.80 Å². The van der Waals surface area contributed by atoms with Crippen LogP contribution in [0.5, 0.6) is 0 Å². The van der Waals surface area contributed by atoms with E-state index in [0.29, 0.717) is 0 Å². The summed E-state index contributed by atoms with van der Waals surface area (Å²) < 4.78 is 0. The number of aliphatic imine (C=N–C) groups is 1. The van der Waals surface area contributed by atoms with Crippen LogP contribution in [0.2, 0.25) is 0 Å². The summed E-state index contributed by atoms with van der Waals surface area (Å²) in [5.41, 5.74) is 4.83. The summed E-state index contributed by atoms with van der Waals surface area (Å²) in [6.45, 7) is 0. The van der Waals surface area contributed by atoms with Crippen LogP contribution in [0.25, 0.3) is 0 Å². The Morgan fingerprint density at radius 1 is 1.00 bits per heavy atom. The first-order valence-corrected chi connectivity index (χ1v) is 6.79. The summed E-state index contributed by atoms with van der Waals surface area (Å²) >= 11 is 0. The Labute approximate surface area is 120 Å². The molecule has 0 aromatic heterocycles. The monoisotopic (exact) mass is 265 g/mol. The molecule has 3 nitrogen and oxygen atoms in total. The van der Waals surface area contributed by atoms with E-state index < -0.39 is 0 Å². The van der Waals surface area contributed by atoms with Gasteiger partial charge in [-0.15, -0.1) is 0 Å². The van der Waals surface area contributed by atoms with Crippen LogP contribution in [-0.2, 0) is 0 Å². The third-order valence-electron chi connectivity index (χ3n) is 3.74. The van der Waals surface area contributed by atoms with Crippen LogP contribution < -0.4 is 4.90 Å². The van der Waals surface area contributed by atoms with E-state index >= 15 is 0 Å². The predicted molar refractivity (Wildman–Crippen MR) is 85.0 cm³/mol. The van der Waals surface area contributed by atoms with Crippen molar-refractivity contribution < 1.29 is 0 Å². The Hall–Kier alpha value is -2.29. The van der Waals surface area contributed by atoms with E-state index in [1.54, 1.807) is 0 Å². The van der Waals surface area contributed by atoms with E-state index in [4.69, 9.17) is 0 Å². The lowest BCUT2D eigenvalue weighted by molar-refractivity contribution is 0.434. The van der Waals surface area contributed by atoms with Crippen molar-refractivity contribution in [1.29, 1.82) is 0 Å².